The highest BCUT2D eigenvalue weighted by Gasteiger charge is 2.00. The molecular weight excluding hydrogens is 256 g/mol. The number of rotatable bonds is 9. The van der Waals surface area contributed by atoms with Crippen molar-refractivity contribution in [3.05, 3.63) is 29.8 Å². The molecule has 0 amide bonds. The van der Waals surface area contributed by atoms with Crippen molar-refractivity contribution in [1.82, 2.24) is 4.90 Å². The summed E-state index contributed by atoms with van der Waals surface area (Å²) < 4.78 is 5.71. The molecule has 1 aromatic rings. The van der Waals surface area contributed by atoms with Crippen LogP contribution in [0.2, 0.25) is 0 Å². The fourth-order valence-corrected chi connectivity index (χ4v) is 1.93. The van der Waals surface area contributed by atoms with Crippen molar-refractivity contribution in [2.24, 2.45) is 5.73 Å². The maximum atomic E-state index is 5.71. The molecular formula is C15H24N2OS. The van der Waals surface area contributed by atoms with Gasteiger partial charge in [0.25, 0.3) is 0 Å². The highest BCUT2D eigenvalue weighted by molar-refractivity contribution is 7.80. The lowest BCUT2D eigenvalue weighted by Crippen LogP contribution is -2.25. The van der Waals surface area contributed by atoms with Gasteiger partial charge in [-0.15, -0.1) is 0 Å². The summed E-state index contributed by atoms with van der Waals surface area (Å²) in [6, 6.07) is 7.96. The molecule has 106 valence electrons. The molecule has 19 heavy (non-hydrogen) atoms. The van der Waals surface area contributed by atoms with Crippen LogP contribution in [0.25, 0.3) is 0 Å². The number of thiocarbonyl (C=S) groups is 1. The summed E-state index contributed by atoms with van der Waals surface area (Å²) in [5, 5.41) is 0. The zero-order valence-electron chi connectivity index (χ0n) is 11.9. The van der Waals surface area contributed by atoms with E-state index in [0.717, 1.165) is 31.0 Å². The minimum absolute atomic E-state index is 0.520. The van der Waals surface area contributed by atoms with Gasteiger partial charge >= 0.3 is 0 Å². The fourth-order valence-electron chi connectivity index (χ4n) is 1.76. The van der Waals surface area contributed by atoms with E-state index >= 15 is 0 Å². The molecule has 4 heteroatoms. The lowest BCUT2D eigenvalue weighted by molar-refractivity contribution is 0.235. The second kappa shape index (κ2) is 8.88. The van der Waals surface area contributed by atoms with Crippen LogP contribution < -0.4 is 10.5 Å². The summed E-state index contributed by atoms with van der Waals surface area (Å²) in [5.41, 5.74) is 6.64. The molecule has 0 saturated heterocycles. The first kappa shape index (κ1) is 15.9. The third kappa shape index (κ3) is 7.13. The molecule has 0 fully saturated rings. The van der Waals surface area contributed by atoms with Crippen LogP contribution in [-0.4, -0.2) is 36.6 Å². The van der Waals surface area contributed by atoms with Gasteiger partial charge in [0.05, 0.1) is 4.99 Å². The molecule has 0 spiro atoms. The van der Waals surface area contributed by atoms with E-state index in [1.807, 2.05) is 24.3 Å². The fraction of sp³-hybridized carbons (Fsp3) is 0.533. The largest absolute Gasteiger partial charge is 0.492 e. The van der Waals surface area contributed by atoms with Gasteiger partial charge in [0.15, 0.2) is 0 Å². The first-order valence-corrected chi connectivity index (χ1v) is 7.21. The van der Waals surface area contributed by atoms with Crippen molar-refractivity contribution in [1.29, 1.82) is 0 Å². The summed E-state index contributed by atoms with van der Waals surface area (Å²) in [6.45, 7) is 5.01. The molecule has 0 saturated carbocycles. The summed E-state index contributed by atoms with van der Waals surface area (Å²) in [6.07, 6.45) is 3.12. The summed E-state index contributed by atoms with van der Waals surface area (Å²) >= 11 is 4.88. The van der Waals surface area contributed by atoms with Gasteiger partial charge in [-0.3, -0.25) is 0 Å². The lowest BCUT2D eigenvalue weighted by Gasteiger charge is -2.16. The van der Waals surface area contributed by atoms with Gasteiger partial charge in [-0.2, -0.15) is 0 Å². The van der Waals surface area contributed by atoms with Crippen LogP contribution in [0.15, 0.2) is 24.3 Å². The number of nitrogens with zero attached hydrogens (tertiary/aromatic N) is 1. The smallest absolute Gasteiger partial charge is 0.119 e. The standard InChI is InChI=1S/C15H24N2OS/c1-3-4-9-17(2)10-11-18-14-7-5-13(6-8-14)12-15(16)19/h5-8H,3-4,9-12H2,1-2H3,(H2,16,19). The van der Waals surface area contributed by atoms with Crippen LogP contribution in [-0.2, 0) is 6.42 Å². The second-order valence-corrected chi connectivity index (χ2v) is 5.32. The van der Waals surface area contributed by atoms with Crippen LogP contribution in [0.5, 0.6) is 5.75 Å². The number of hydrogen-bond acceptors (Lipinski definition) is 3. The number of unbranched alkanes of at least 4 members (excludes halogenated alkanes) is 1. The highest BCUT2D eigenvalue weighted by Crippen LogP contribution is 2.12. The van der Waals surface area contributed by atoms with Gasteiger partial charge in [-0.25, -0.2) is 0 Å². The van der Waals surface area contributed by atoms with E-state index in [4.69, 9.17) is 22.7 Å². The highest BCUT2D eigenvalue weighted by atomic mass is 32.1. The SMILES string of the molecule is CCCCN(C)CCOc1ccc(CC(N)=S)cc1. The Hall–Kier alpha value is -1.13. The van der Waals surface area contributed by atoms with Crippen LogP contribution in [0.1, 0.15) is 25.3 Å². The Morgan fingerprint density at radius 1 is 1.26 bits per heavy atom. The maximum Gasteiger partial charge on any atom is 0.119 e. The molecule has 0 heterocycles. The number of hydrogen-bond donors (Lipinski definition) is 1. The Kier molecular flexibility index (Phi) is 7.45. The maximum absolute atomic E-state index is 5.71. The van der Waals surface area contributed by atoms with Crippen molar-refractivity contribution in [2.45, 2.75) is 26.2 Å². The first-order chi connectivity index (χ1) is 9.11. The van der Waals surface area contributed by atoms with Crippen molar-refractivity contribution in [2.75, 3.05) is 26.7 Å². The van der Waals surface area contributed by atoms with Gasteiger partial charge in [0.1, 0.15) is 12.4 Å². The predicted octanol–water partition coefficient (Wildman–Crippen LogP) is 2.63. The summed E-state index contributed by atoms with van der Waals surface area (Å²) in [5.74, 6) is 0.899. The zero-order valence-corrected chi connectivity index (χ0v) is 12.7. The molecule has 0 aliphatic carbocycles. The van der Waals surface area contributed by atoms with E-state index in [9.17, 15) is 0 Å². The van der Waals surface area contributed by atoms with Crippen molar-refractivity contribution >= 4 is 17.2 Å². The molecule has 0 aliphatic heterocycles. The molecule has 1 rings (SSSR count). The Bertz CT molecular complexity index is 378. The quantitative estimate of drug-likeness (QED) is 0.706. The average molecular weight is 280 g/mol. The topological polar surface area (TPSA) is 38.5 Å². The summed E-state index contributed by atoms with van der Waals surface area (Å²) in [4.78, 5) is 2.82. The van der Waals surface area contributed by atoms with Gasteiger partial charge in [0.2, 0.25) is 0 Å². The first-order valence-electron chi connectivity index (χ1n) is 6.80. The zero-order chi connectivity index (χ0) is 14.1. The molecule has 1 aromatic carbocycles. The number of likely N-dealkylation sites (N-methyl/N-ethyl adjacent to an activating group) is 1. The third-order valence-electron chi connectivity index (χ3n) is 2.94. The molecule has 0 atom stereocenters. The van der Waals surface area contributed by atoms with Gasteiger partial charge < -0.3 is 15.4 Å². The normalized spacial score (nSPS) is 10.7. The Morgan fingerprint density at radius 3 is 2.53 bits per heavy atom. The van der Waals surface area contributed by atoms with Gasteiger partial charge in [-0.05, 0) is 37.7 Å². The summed E-state index contributed by atoms with van der Waals surface area (Å²) in [7, 11) is 2.13. The van der Waals surface area contributed by atoms with Crippen LogP contribution >= 0.6 is 12.2 Å². The van der Waals surface area contributed by atoms with Crippen molar-refractivity contribution in [3.8, 4) is 5.75 Å². The van der Waals surface area contributed by atoms with Crippen LogP contribution in [0.3, 0.4) is 0 Å². The minimum atomic E-state index is 0.520. The van der Waals surface area contributed by atoms with Gasteiger partial charge in [0, 0.05) is 13.0 Å². The van der Waals surface area contributed by atoms with E-state index in [-0.39, 0.29) is 0 Å². The molecule has 0 unspecified atom stereocenters. The Labute approximate surface area is 121 Å². The third-order valence-corrected chi connectivity index (χ3v) is 3.08. The van der Waals surface area contributed by atoms with E-state index in [0.29, 0.717) is 11.4 Å². The number of ether oxygens (including phenoxy) is 1. The van der Waals surface area contributed by atoms with Crippen LogP contribution in [0, 0.1) is 0 Å². The average Bonchev–Trinajstić information content (AvgIpc) is 2.38. The molecule has 0 aliphatic rings. The molecule has 0 bridgehead atoms. The van der Waals surface area contributed by atoms with Crippen molar-refractivity contribution in [3.63, 3.8) is 0 Å². The monoisotopic (exact) mass is 280 g/mol. The second-order valence-electron chi connectivity index (χ2n) is 4.79. The Balaban J connectivity index is 2.27. The van der Waals surface area contributed by atoms with E-state index in [1.54, 1.807) is 0 Å². The molecule has 2 N–H and O–H groups in total. The number of benzene rings is 1. The van der Waals surface area contributed by atoms with Crippen LogP contribution in [0.4, 0.5) is 0 Å². The Morgan fingerprint density at radius 2 is 1.95 bits per heavy atom. The van der Waals surface area contributed by atoms with Gasteiger partial charge in [-0.1, -0.05) is 37.7 Å². The number of nitrogens with two attached hydrogens (primary N) is 1. The van der Waals surface area contributed by atoms with Crippen molar-refractivity contribution < 1.29 is 4.74 Å². The predicted molar refractivity (Wildman–Crippen MR) is 84.8 cm³/mol. The van der Waals surface area contributed by atoms with E-state index in [2.05, 4.69) is 18.9 Å². The molecule has 3 nitrogen and oxygen atoms in total. The molecule has 0 radical (unpaired) electrons. The minimum Gasteiger partial charge on any atom is -0.492 e. The van der Waals surface area contributed by atoms with E-state index < -0.39 is 0 Å². The van der Waals surface area contributed by atoms with E-state index in [1.165, 1.54) is 12.8 Å². The lowest BCUT2D eigenvalue weighted by atomic mass is 10.1. The molecule has 0 aromatic heterocycles.